The molecule has 1 saturated heterocycles. The van der Waals surface area contributed by atoms with Crippen LogP contribution in [0.25, 0.3) is 0 Å². The quantitative estimate of drug-likeness (QED) is 0.845. The zero-order chi connectivity index (χ0) is 20.1. The van der Waals surface area contributed by atoms with Crippen molar-refractivity contribution in [2.75, 3.05) is 18.4 Å². The predicted molar refractivity (Wildman–Crippen MR) is 102 cm³/mol. The molecule has 148 valence electrons. The van der Waals surface area contributed by atoms with Gasteiger partial charge >= 0.3 is 0 Å². The third kappa shape index (κ3) is 4.91. The SMILES string of the molecule is Cc1cc(F)ccc1NC(=O)CC[C@H]1CCCN(C(=O)c2ccncc2F)C1. The maximum absolute atomic E-state index is 13.8. The number of aromatic nitrogens is 1. The van der Waals surface area contributed by atoms with E-state index in [0.717, 1.165) is 19.0 Å². The minimum atomic E-state index is -0.622. The highest BCUT2D eigenvalue weighted by Crippen LogP contribution is 2.24. The van der Waals surface area contributed by atoms with Gasteiger partial charge in [0.15, 0.2) is 5.82 Å². The number of carbonyl (C=O) groups excluding carboxylic acids is 2. The van der Waals surface area contributed by atoms with Crippen LogP contribution in [0.15, 0.2) is 36.7 Å². The van der Waals surface area contributed by atoms with E-state index in [4.69, 9.17) is 0 Å². The molecule has 1 aliphatic rings. The van der Waals surface area contributed by atoms with Crippen molar-refractivity contribution in [3.8, 4) is 0 Å². The Morgan fingerprint density at radius 1 is 1.29 bits per heavy atom. The molecule has 2 heterocycles. The van der Waals surface area contributed by atoms with Crippen LogP contribution in [0.3, 0.4) is 0 Å². The van der Waals surface area contributed by atoms with Gasteiger partial charge in [-0.2, -0.15) is 0 Å². The highest BCUT2D eigenvalue weighted by atomic mass is 19.1. The molecule has 2 amide bonds. The summed E-state index contributed by atoms with van der Waals surface area (Å²) in [5.74, 6) is -1.26. The number of pyridine rings is 1. The van der Waals surface area contributed by atoms with Gasteiger partial charge in [0.2, 0.25) is 5.91 Å². The first-order valence-electron chi connectivity index (χ1n) is 9.39. The zero-order valence-corrected chi connectivity index (χ0v) is 15.8. The van der Waals surface area contributed by atoms with Crippen molar-refractivity contribution in [3.05, 3.63) is 59.4 Å². The number of halogens is 2. The van der Waals surface area contributed by atoms with Crippen molar-refractivity contribution in [1.82, 2.24) is 9.88 Å². The molecule has 0 unspecified atom stereocenters. The topological polar surface area (TPSA) is 62.3 Å². The Morgan fingerprint density at radius 2 is 2.11 bits per heavy atom. The van der Waals surface area contributed by atoms with Crippen molar-refractivity contribution in [3.63, 3.8) is 0 Å². The van der Waals surface area contributed by atoms with Gasteiger partial charge in [-0.15, -0.1) is 0 Å². The van der Waals surface area contributed by atoms with Gasteiger partial charge in [-0.1, -0.05) is 0 Å². The summed E-state index contributed by atoms with van der Waals surface area (Å²) >= 11 is 0. The van der Waals surface area contributed by atoms with Crippen LogP contribution in [-0.2, 0) is 4.79 Å². The number of rotatable bonds is 5. The fraction of sp³-hybridized carbons (Fsp3) is 0.381. The van der Waals surface area contributed by atoms with Crippen LogP contribution in [0.4, 0.5) is 14.5 Å². The summed E-state index contributed by atoms with van der Waals surface area (Å²) in [6, 6.07) is 5.62. The van der Waals surface area contributed by atoms with Crippen molar-refractivity contribution in [2.45, 2.75) is 32.6 Å². The molecule has 1 atom stereocenters. The molecule has 1 aliphatic heterocycles. The van der Waals surface area contributed by atoms with Crippen molar-refractivity contribution in [2.24, 2.45) is 5.92 Å². The van der Waals surface area contributed by atoms with Crippen molar-refractivity contribution < 1.29 is 18.4 Å². The molecule has 0 bridgehead atoms. The first-order chi connectivity index (χ1) is 13.4. The van der Waals surface area contributed by atoms with Gasteiger partial charge in [-0.25, -0.2) is 8.78 Å². The molecule has 1 aromatic carbocycles. The summed E-state index contributed by atoms with van der Waals surface area (Å²) < 4.78 is 27.0. The number of likely N-dealkylation sites (tertiary alicyclic amines) is 1. The largest absolute Gasteiger partial charge is 0.338 e. The standard InChI is InChI=1S/C21H23F2N3O2/c1-14-11-16(22)5-6-19(14)25-20(27)7-4-15-3-2-10-26(13-15)21(28)17-8-9-24-12-18(17)23/h5-6,8-9,11-12,15H,2-4,7,10,13H2,1H3,(H,25,27)/t15-/m1/s1. The number of nitrogens with zero attached hydrogens (tertiary/aromatic N) is 2. The van der Waals surface area contributed by atoms with Crippen LogP contribution in [0.1, 0.15) is 41.6 Å². The average Bonchev–Trinajstić information content (AvgIpc) is 2.69. The molecule has 2 aromatic rings. The Morgan fingerprint density at radius 3 is 2.86 bits per heavy atom. The molecule has 0 aliphatic carbocycles. The number of piperidine rings is 1. The first kappa shape index (κ1) is 19.9. The second kappa shape index (κ2) is 8.91. The van der Waals surface area contributed by atoms with Gasteiger partial charge in [0.05, 0.1) is 11.8 Å². The summed E-state index contributed by atoms with van der Waals surface area (Å²) in [6.45, 7) is 2.82. The highest BCUT2D eigenvalue weighted by molar-refractivity contribution is 5.94. The van der Waals surface area contributed by atoms with Crippen molar-refractivity contribution in [1.29, 1.82) is 0 Å². The molecule has 0 saturated carbocycles. The Hall–Kier alpha value is -2.83. The first-order valence-corrected chi connectivity index (χ1v) is 9.39. The van der Waals surface area contributed by atoms with Crippen LogP contribution in [0.5, 0.6) is 0 Å². The molecule has 7 heteroatoms. The number of aryl methyl sites for hydroxylation is 1. The van der Waals surface area contributed by atoms with E-state index in [1.54, 1.807) is 17.9 Å². The minimum Gasteiger partial charge on any atom is -0.338 e. The summed E-state index contributed by atoms with van der Waals surface area (Å²) in [5, 5.41) is 2.80. The molecule has 5 nitrogen and oxygen atoms in total. The third-order valence-electron chi connectivity index (χ3n) is 5.05. The summed E-state index contributed by atoms with van der Waals surface area (Å²) in [5.41, 5.74) is 1.29. The second-order valence-electron chi connectivity index (χ2n) is 7.16. The molecular formula is C21H23F2N3O2. The predicted octanol–water partition coefficient (Wildman–Crippen LogP) is 3.94. The van der Waals surface area contributed by atoms with Gasteiger partial charge < -0.3 is 10.2 Å². The number of anilines is 1. The number of nitrogens with one attached hydrogen (secondary N) is 1. The highest BCUT2D eigenvalue weighted by Gasteiger charge is 2.26. The number of benzene rings is 1. The lowest BCUT2D eigenvalue weighted by Crippen LogP contribution is -2.40. The Balaban J connectivity index is 1.53. The molecule has 0 spiro atoms. The fourth-order valence-corrected chi connectivity index (χ4v) is 3.52. The third-order valence-corrected chi connectivity index (χ3v) is 5.05. The summed E-state index contributed by atoms with van der Waals surface area (Å²) in [6.07, 6.45) is 5.13. The Labute approximate surface area is 162 Å². The number of amides is 2. The van der Waals surface area contributed by atoms with Gasteiger partial charge in [0.1, 0.15) is 5.82 Å². The van der Waals surface area contributed by atoms with E-state index in [1.165, 1.54) is 24.4 Å². The van der Waals surface area contributed by atoms with Crippen LogP contribution in [-0.4, -0.2) is 34.8 Å². The lowest BCUT2D eigenvalue weighted by Gasteiger charge is -2.33. The number of hydrogen-bond donors (Lipinski definition) is 1. The Bertz CT molecular complexity index is 872. The molecule has 1 fully saturated rings. The smallest absolute Gasteiger partial charge is 0.256 e. The second-order valence-corrected chi connectivity index (χ2v) is 7.16. The van der Waals surface area contributed by atoms with Crippen LogP contribution >= 0.6 is 0 Å². The van der Waals surface area contributed by atoms with Crippen LogP contribution < -0.4 is 5.32 Å². The minimum absolute atomic E-state index is 0.0279. The summed E-state index contributed by atoms with van der Waals surface area (Å²) in [7, 11) is 0. The van der Waals surface area contributed by atoms with Gasteiger partial charge in [0.25, 0.3) is 5.91 Å². The summed E-state index contributed by atoms with van der Waals surface area (Å²) in [4.78, 5) is 30.1. The van der Waals surface area contributed by atoms with E-state index in [0.29, 0.717) is 37.2 Å². The molecule has 1 N–H and O–H groups in total. The van der Waals surface area contributed by atoms with Crippen LogP contribution in [0, 0.1) is 24.5 Å². The van der Waals surface area contributed by atoms with Gasteiger partial charge in [-0.3, -0.25) is 14.6 Å². The van der Waals surface area contributed by atoms with E-state index in [2.05, 4.69) is 10.3 Å². The molecule has 1 aromatic heterocycles. The maximum atomic E-state index is 13.8. The lowest BCUT2D eigenvalue weighted by atomic mass is 9.92. The number of hydrogen-bond acceptors (Lipinski definition) is 3. The maximum Gasteiger partial charge on any atom is 0.256 e. The van der Waals surface area contributed by atoms with Gasteiger partial charge in [-0.05, 0) is 61.9 Å². The molecular weight excluding hydrogens is 364 g/mol. The molecule has 3 rings (SSSR count). The van der Waals surface area contributed by atoms with E-state index < -0.39 is 5.82 Å². The zero-order valence-electron chi connectivity index (χ0n) is 15.8. The average molecular weight is 387 g/mol. The lowest BCUT2D eigenvalue weighted by molar-refractivity contribution is -0.116. The molecule has 0 radical (unpaired) electrons. The monoisotopic (exact) mass is 387 g/mol. The number of carbonyl (C=O) groups is 2. The molecule has 28 heavy (non-hydrogen) atoms. The van der Waals surface area contributed by atoms with Crippen LogP contribution in [0.2, 0.25) is 0 Å². The fourth-order valence-electron chi connectivity index (χ4n) is 3.52. The normalized spacial score (nSPS) is 16.7. The van der Waals surface area contributed by atoms with E-state index in [9.17, 15) is 18.4 Å². The van der Waals surface area contributed by atoms with E-state index >= 15 is 0 Å². The van der Waals surface area contributed by atoms with E-state index in [-0.39, 0.29) is 29.1 Å². The Kier molecular flexibility index (Phi) is 6.34. The van der Waals surface area contributed by atoms with E-state index in [1.807, 2.05) is 0 Å². The van der Waals surface area contributed by atoms with Crippen molar-refractivity contribution >= 4 is 17.5 Å². The van der Waals surface area contributed by atoms with Gasteiger partial charge in [0, 0.05) is 31.4 Å².